The van der Waals surface area contributed by atoms with Crippen LogP contribution in [0.25, 0.3) is 0 Å². The number of rotatable bonds is 4. The molecule has 0 heterocycles. The second kappa shape index (κ2) is 5.73. The topological polar surface area (TPSA) is 72.2 Å². The first-order valence-corrected chi connectivity index (χ1v) is 5.53. The second-order valence-corrected chi connectivity index (χ2v) is 3.91. The summed E-state index contributed by atoms with van der Waals surface area (Å²) in [6.45, 7) is 1.66. The zero-order chi connectivity index (χ0) is 14.6. The second-order valence-electron chi connectivity index (χ2n) is 3.91. The van der Waals surface area contributed by atoms with Crippen LogP contribution in [0.2, 0.25) is 0 Å². The number of amides is 2. The van der Waals surface area contributed by atoms with E-state index in [1.807, 2.05) is 0 Å². The summed E-state index contributed by atoms with van der Waals surface area (Å²) in [5, 5.41) is 2.35. The Morgan fingerprint density at radius 2 is 1.79 bits per heavy atom. The number of hydrogen-bond acceptors (Lipinski definition) is 2. The minimum Gasteiger partial charge on any atom is -0.368 e. The van der Waals surface area contributed by atoms with Gasteiger partial charge in [-0.15, -0.1) is 0 Å². The fraction of sp³-hybridized carbons (Fsp3) is 0.333. The zero-order valence-electron chi connectivity index (χ0n) is 10.1. The molecule has 3 N–H and O–H groups in total. The van der Waals surface area contributed by atoms with Crippen molar-refractivity contribution < 1.29 is 22.8 Å². The van der Waals surface area contributed by atoms with E-state index >= 15 is 0 Å². The van der Waals surface area contributed by atoms with Gasteiger partial charge in [0.25, 0.3) is 5.91 Å². The van der Waals surface area contributed by atoms with Gasteiger partial charge in [0, 0.05) is 5.56 Å². The predicted molar refractivity (Wildman–Crippen MR) is 62.2 cm³/mol. The monoisotopic (exact) mass is 274 g/mol. The molecule has 1 aromatic rings. The van der Waals surface area contributed by atoms with Crippen molar-refractivity contribution in [1.29, 1.82) is 0 Å². The van der Waals surface area contributed by atoms with E-state index in [-0.39, 0.29) is 5.56 Å². The molecule has 19 heavy (non-hydrogen) atoms. The molecule has 0 fully saturated rings. The van der Waals surface area contributed by atoms with Crippen LogP contribution in [0.1, 0.15) is 29.3 Å². The predicted octanol–water partition coefficient (Wildman–Crippen LogP) is 1.70. The van der Waals surface area contributed by atoms with E-state index in [2.05, 4.69) is 5.32 Å². The molecule has 0 aromatic heterocycles. The normalized spacial score (nSPS) is 12.8. The third-order valence-electron chi connectivity index (χ3n) is 2.53. The molecule has 1 aromatic carbocycles. The molecule has 0 saturated carbocycles. The zero-order valence-corrected chi connectivity index (χ0v) is 10.1. The fourth-order valence-corrected chi connectivity index (χ4v) is 1.43. The van der Waals surface area contributed by atoms with Gasteiger partial charge in [0.1, 0.15) is 6.04 Å². The Labute approximate surface area is 107 Å². The van der Waals surface area contributed by atoms with Crippen molar-refractivity contribution in [3.8, 4) is 0 Å². The van der Waals surface area contributed by atoms with E-state index in [9.17, 15) is 22.8 Å². The third-order valence-corrected chi connectivity index (χ3v) is 2.53. The number of benzene rings is 1. The van der Waals surface area contributed by atoms with E-state index < -0.39 is 29.6 Å². The largest absolute Gasteiger partial charge is 0.416 e. The van der Waals surface area contributed by atoms with Gasteiger partial charge in [0.15, 0.2) is 0 Å². The highest BCUT2D eigenvalue weighted by atomic mass is 19.4. The van der Waals surface area contributed by atoms with Crippen molar-refractivity contribution in [2.45, 2.75) is 25.6 Å². The Morgan fingerprint density at radius 1 is 1.26 bits per heavy atom. The summed E-state index contributed by atoms with van der Waals surface area (Å²) in [5.74, 6) is -1.33. The molecular formula is C12H13F3N2O2. The first-order chi connectivity index (χ1) is 8.75. The lowest BCUT2D eigenvalue weighted by molar-refractivity contribution is -0.137. The first-order valence-electron chi connectivity index (χ1n) is 5.53. The van der Waals surface area contributed by atoms with Gasteiger partial charge in [-0.3, -0.25) is 9.59 Å². The number of carbonyl (C=O) groups is 2. The van der Waals surface area contributed by atoms with Gasteiger partial charge in [0.2, 0.25) is 5.91 Å². The Morgan fingerprint density at radius 3 is 2.16 bits per heavy atom. The minimum atomic E-state index is -4.45. The summed E-state index contributed by atoms with van der Waals surface area (Å²) in [6.07, 6.45) is -4.14. The van der Waals surface area contributed by atoms with E-state index in [0.717, 1.165) is 24.3 Å². The van der Waals surface area contributed by atoms with Crippen molar-refractivity contribution in [2.75, 3.05) is 0 Å². The van der Waals surface area contributed by atoms with Gasteiger partial charge in [0.05, 0.1) is 5.56 Å². The number of halogens is 3. The van der Waals surface area contributed by atoms with Gasteiger partial charge in [-0.25, -0.2) is 0 Å². The number of alkyl halides is 3. The smallest absolute Gasteiger partial charge is 0.368 e. The fourth-order valence-electron chi connectivity index (χ4n) is 1.43. The highest BCUT2D eigenvalue weighted by Crippen LogP contribution is 2.29. The molecule has 2 amide bonds. The molecule has 0 saturated heterocycles. The van der Waals surface area contributed by atoms with Crippen LogP contribution in [0.15, 0.2) is 24.3 Å². The quantitative estimate of drug-likeness (QED) is 0.877. The number of nitrogens with two attached hydrogens (primary N) is 1. The molecule has 0 aliphatic rings. The van der Waals surface area contributed by atoms with Crippen molar-refractivity contribution in [1.82, 2.24) is 5.32 Å². The van der Waals surface area contributed by atoms with Crippen LogP contribution in [0, 0.1) is 0 Å². The highest BCUT2D eigenvalue weighted by Gasteiger charge is 2.30. The van der Waals surface area contributed by atoms with Gasteiger partial charge >= 0.3 is 6.18 Å². The lowest BCUT2D eigenvalue weighted by Crippen LogP contribution is -2.43. The number of nitrogens with one attached hydrogen (secondary N) is 1. The van der Waals surface area contributed by atoms with E-state index in [1.54, 1.807) is 6.92 Å². The summed E-state index contributed by atoms with van der Waals surface area (Å²) < 4.78 is 37.0. The van der Waals surface area contributed by atoms with E-state index in [0.29, 0.717) is 6.42 Å². The molecule has 0 aliphatic heterocycles. The van der Waals surface area contributed by atoms with E-state index in [4.69, 9.17) is 5.73 Å². The molecule has 1 unspecified atom stereocenters. The molecule has 1 atom stereocenters. The van der Waals surface area contributed by atoms with Crippen LogP contribution in [-0.2, 0) is 11.0 Å². The average Bonchev–Trinajstić information content (AvgIpc) is 2.34. The van der Waals surface area contributed by atoms with Crippen LogP contribution in [0.3, 0.4) is 0 Å². The summed E-state index contributed by atoms with van der Waals surface area (Å²) >= 11 is 0. The Hall–Kier alpha value is -2.05. The Balaban J connectivity index is 2.81. The van der Waals surface area contributed by atoms with Crippen molar-refractivity contribution in [3.63, 3.8) is 0 Å². The van der Waals surface area contributed by atoms with Crippen LogP contribution < -0.4 is 11.1 Å². The molecule has 4 nitrogen and oxygen atoms in total. The number of carbonyl (C=O) groups excluding carboxylic acids is 2. The maximum atomic E-state index is 12.3. The van der Waals surface area contributed by atoms with Crippen molar-refractivity contribution >= 4 is 11.8 Å². The molecule has 1 rings (SSSR count). The molecule has 7 heteroatoms. The number of hydrogen-bond donors (Lipinski definition) is 2. The summed E-state index contributed by atoms with van der Waals surface area (Å²) in [6, 6.07) is 2.87. The SMILES string of the molecule is CCC(NC(=O)c1ccc(C(F)(F)F)cc1)C(N)=O. The van der Waals surface area contributed by atoms with Crippen LogP contribution in [-0.4, -0.2) is 17.9 Å². The van der Waals surface area contributed by atoms with Gasteiger partial charge in [-0.05, 0) is 30.7 Å². The molecular weight excluding hydrogens is 261 g/mol. The molecule has 0 spiro atoms. The molecule has 0 bridgehead atoms. The summed E-state index contributed by atoms with van der Waals surface area (Å²) in [4.78, 5) is 22.6. The minimum absolute atomic E-state index is 0.0349. The molecule has 0 aliphatic carbocycles. The maximum Gasteiger partial charge on any atom is 0.416 e. The van der Waals surface area contributed by atoms with Gasteiger partial charge < -0.3 is 11.1 Å². The Kier molecular flexibility index (Phi) is 4.52. The lowest BCUT2D eigenvalue weighted by atomic mass is 10.1. The van der Waals surface area contributed by atoms with E-state index in [1.165, 1.54) is 0 Å². The number of primary amides is 1. The Bertz CT molecular complexity index is 469. The lowest BCUT2D eigenvalue weighted by Gasteiger charge is -2.13. The summed E-state index contributed by atoms with van der Waals surface area (Å²) in [7, 11) is 0. The van der Waals surface area contributed by atoms with Crippen LogP contribution in [0.4, 0.5) is 13.2 Å². The average molecular weight is 274 g/mol. The third kappa shape index (κ3) is 3.97. The highest BCUT2D eigenvalue weighted by molar-refractivity contribution is 5.97. The maximum absolute atomic E-state index is 12.3. The standard InChI is InChI=1S/C12H13F3N2O2/c1-2-9(10(16)18)17-11(19)7-3-5-8(6-4-7)12(13,14)15/h3-6,9H,2H2,1H3,(H2,16,18)(H,17,19). The van der Waals surface area contributed by atoms with Gasteiger partial charge in [-0.1, -0.05) is 6.92 Å². The van der Waals surface area contributed by atoms with Crippen LogP contribution in [0.5, 0.6) is 0 Å². The van der Waals surface area contributed by atoms with Crippen molar-refractivity contribution in [2.24, 2.45) is 5.73 Å². The van der Waals surface area contributed by atoms with Crippen molar-refractivity contribution in [3.05, 3.63) is 35.4 Å². The first kappa shape index (κ1) is 15.0. The molecule has 104 valence electrons. The van der Waals surface area contributed by atoms with Gasteiger partial charge in [-0.2, -0.15) is 13.2 Å². The molecule has 0 radical (unpaired) electrons. The summed E-state index contributed by atoms with van der Waals surface area (Å²) in [5.41, 5.74) is 4.25. The van der Waals surface area contributed by atoms with Crippen LogP contribution >= 0.6 is 0 Å².